The van der Waals surface area contributed by atoms with Crippen LogP contribution in [0.5, 0.6) is 0 Å². The Hall–Kier alpha value is -1.46. The van der Waals surface area contributed by atoms with Crippen LogP contribution in [0.3, 0.4) is 0 Å². The molecule has 1 aromatic rings. The normalized spacial score (nSPS) is 23.6. The summed E-state index contributed by atoms with van der Waals surface area (Å²) in [5.41, 5.74) is 1.06. The molecule has 5 heteroatoms. The van der Waals surface area contributed by atoms with Gasteiger partial charge in [-0.15, -0.1) is 0 Å². The number of hydrogen-bond acceptors (Lipinski definition) is 3. The molecule has 1 amide bonds. The molecule has 0 aliphatic carbocycles. The van der Waals surface area contributed by atoms with E-state index in [4.69, 9.17) is 4.74 Å². The molecule has 0 unspecified atom stereocenters. The standard InChI is InChI=1S/C15H21FN2O2/c1-10-4-5-14(13(16)6-10)17-15(19)9-18-7-11(2)20-12(3)8-18/h4-6,11-12H,7-9H2,1-3H3,(H,17,19)/t11-,12-/m0/s1. The molecule has 1 aliphatic rings. The zero-order valence-corrected chi connectivity index (χ0v) is 12.1. The van der Waals surface area contributed by atoms with Crippen molar-refractivity contribution >= 4 is 11.6 Å². The lowest BCUT2D eigenvalue weighted by atomic mass is 10.2. The number of hydrogen-bond donors (Lipinski definition) is 1. The molecule has 110 valence electrons. The van der Waals surface area contributed by atoms with E-state index < -0.39 is 5.82 Å². The van der Waals surface area contributed by atoms with Gasteiger partial charge in [0.05, 0.1) is 24.4 Å². The van der Waals surface area contributed by atoms with Crippen LogP contribution >= 0.6 is 0 Å². The third-order valence-electron chi connectivity index (χ3n) is 3.26. The Morgan fingerprint density at radius 1 is 1.40 bits per heavy atom. The van der Waals surface area contributed by atoms with Crippen LogP contribution in [0.1, 0.15) is 19.4 Å². The smallest absolute Gasteiger partial charge is 0.238 e. The first-order valence-electron chi connectivity index (χ1n) is 6.88. The quantitative estimate of drug-likeness (QED) is 0.922. The van der Waals surface area contributed by atoms with Crippen LogP contribution in [0, 0.1) is 12.7 Å². The van der Waals surface area contributed by atoms with Crippen LogP contribution in [-0.2, 0) is 9.53 Å². The summed E-state index contributed by atoms with van der Waals surface area (Å²) in [5.74, 6) is -0.601. The Kier molecular flexibility index (Phi) is 4.73. The number of carbonyl (C=O) groups excluding carboxylic acids is 1. The van der Waals surface area contributed by atoms with Gasteiger partial charge in [-0.25, -0.2) is 4.39 Å². The topological polar surface area (TPSA) is 41.6 Å². The lowest BCUT2D eigenvalue weighted by Crippen LogP contribution is -2.48. The van der Waals surface area contributed by atoms with Gasteiger partial charge in [0, 0.05) is 13.1 Å². The first-order valence-corrected chi connectivity index (χ1v) is 6.88. The third-order valence-corrected chi connectivity index (χ3v) is 3.26. The van der Waals surface area contributed by atoms with E-state index in [0.717, 1.165) is 5.56 Å². The van der Waals surface area contributed by atoms with Gasteiger partial charge in [0.15, 0.2) is 0 Å². The van der Waals surface area contributed by atoms with E-state index >= 15 is 0 Å². The number of benzene rings is 1. The van der Waals surface area contributed by atoms with Gasteiger partial charge in [-0.2, -0.15) is 0 Å². The summed E-state index contributed by atoms with van der Waals surface area (Å²) in [5, 5.41) is 2.62. The molecule has 1 fully saturated rings. The lowest BCUT2D eigenvalue weighted by molar-refractivity contribution is -0.121. The molecular weight excluding hydrogens is 259 g/mol. The number of ether oxygens (including phenoxy) is 1. The SMILES string of the molecule is Cc1ccc(NC(=O)CN2C[C@H](C)O[C@@H](C)C2)c(F)c1. The highest BCUT2D eigenvalue weighted by Gasteiger charge is 2.23. The maximum Gasteiger partial charge on any atom is 0.238 e. The van der Waals surface area contributed by atoms with Gasteiger partial charge in [-0.1, -0.05) is 6.07 Å². The molecule has 0 bridgehead atoms. The molecule has 0 saturated carbocycles. The van der Waals surface area contributed by atoms with Crippen molar-refractivity contribution in [3.8, 4) is 0 Å². The second-order valence-electron chi connectivity index (χ2n) is 5.48. The number of rotatable bonds is 3. The van der Waals surface area contributed by atoms with Crippen LogP contribution in [0.2, 0.25) is 0 Å². The maximum absolute atomic E-state index is 13.7. The molecular formula is C15H21FN2O2. The van der Waals surface area contributed by atoms with Crippen molar-refractivity contribution in [1.82, 2.24) is 4.90 Å². The minimum absolute atomic E-state index is 0.114. The van der Waals surface area contributed by atoms with Crippen LogP contribution < -0.4 is 5.32 Å². The number of aryl methyl sites for hydroxylation is 1. The Morgan fingerprint density at radius 3 is 2.65 bits per heavy atom. The van der Waals surface area contributed by atoms with E-state index in [9.17, 15) is 9.18 Å². The van der Waals surface area contributed by atoms with Crippen LogP contribution in [0.15, 0.2) is 18.2 Å². The van der Waals surface area contributed by atoms with Crippen molar-refractivity contribution in [2.75, 3.05) is 25.0 Å². The molecule has 0 aromatic heterocycles. The molecule has 20 heavy (non-hydrogen) atoms. The van der Waals surface area contributed by atoms with Crippen LogP contribution in [-0.4, -0.2) is 42.6 Å². The first kappa shape index (κ1) is 14.9. The number of nitrogens with one attached hydrogen (secondary N) is 1. The van der Waals surface area contributed by atoms with E-state index in [1.54, 1.807) is 12.1 Å². The van der Waals surface area contributed by atoms with Gasteiger partial charge in [0.2, 0.25) is 5.91 Å². The third kappa shape index (κ3) is 4.02. The maximum atomic E-state index is 13.7. The molecule has 1 saturated heterocycles. The fourth-order valence-corrected chi connectivity index (χ4v) is 2.53. The van der Waals surface area contributed by atoms with Crippen molar-refractivity contribution in [1.29, 1.82) is 0 Å². The van der Waals surface area contributed by atoms with Crippen molar-refractivity contribution in [2.24, 2.45) is 0 Å². The molecule has 0 radical (unpaired) electrons. The lowest BCUT2D eigenvalue weighted by Gasteiger charge is -2.34. The number of carbonyl (C=O) groups is 1. The summed E-state index contributed by atoms with van der Waals surface area (Å²) in [6, 6.07) is 4.78. The predicted octanol–water partition coefficient (Wildman–Crippen LogP) is 2.18. The Labute approximate surface area is 118 Å². The molecule has 2 atom stereocenters. The van der Waals surface area contributed by atoms with Crippen molar-refractivity contribution in [2.45, 2.75) is 33.0 Å². The zero-order valence-electron chi connectivity index (χ0n) is 12.1. The van der Waals surface area contributed by atoms with Gasteiger partial charge in [-0.05, 0) is 38.5 Å². The van der Waals surface area contributed by atoms with Crippen LogP contribution in [0.25, 0.3) is 0 Å². The van der Waals surface area contributed by atoms with E-state index in [1.165, 1.54) is 6.07 Å². The minimum atomic E-state index is -0.401. The van der Waals surface area contributed by atoms with Crippen molar-refractivity contribution < 1.29 is 13.9 Å². The molecule has 0 spiro atoms. The highest BCUT2D eigenvalue weighted by molar-refractivity contribution is 5.92. The highest BCUT2D eigenvalue weighted by atomic mass is 19.1. The summed E-state index contributed by atoms with van der Waals surface area (Å²) in [4.78, 5) is 14.0. The fraction of sp³-hybridized carbons (Fsp3) is 0.533. The summed E-state index contributed by atoms with van der Waals surface area (Å²) < 4.78 is 19.3. The first-order chi connectivity index (χ1) is 9.44. The Balaban J connectivity index is 1.92. The monoisotopic (exact) mass is 280 g/mol. The van der Waals surface area contributed by atoms with Crippen LogP contribution in [0.4, 0.5) is 10.1 Å². The second-order valence-corrected chi connectivity index (χ2v) is 5.48. The average Bonchev–Trinajstić information content (AvgIpc) is 2.31. The van der Waals surface area contributed by atoms with Gasteiger partial charge >= 0.3 is 0 Å². The average molecular weight is 280 g/mol. The van der Waals surface area contributed by atoms with E-state index in [2.05, 4.69) is 5.32 Å². The van der Waals surface area contributed by atoms with Gasteiger partial charge in [-0.3, -0.25) is 9.69 Å². The Morgan fingerprint density at radius 2 is 2.05 bits per heavy atom. The minimum Gasteiger partial charge on any atom is -0.373 e. The number of amides is 1. The van der Waals surface area contributed by atoms with Gasteiger partial charge in [0.25, 0.3) is 0 Å². The molecule has 1 heterocycles. The highest BCUT2D eigenvalue weighted by Crippen LogP contribution is 2.16. The van der Waals surface area contributed by atoms with E-state index in [1.807, 2.05) is 25.7 Å². The Bertz CT molecular complexity index is 483. The summed E-state index contributed by atoms with van der Waals surface area (Å²) in [6.45, 7) is 7.47. The van der Waals surface area contributed by atoms with E-state index in [0.29, 0.717) is 13.1 Å². The van der Waals surface area contributed by atoms with E-state index in [-0.39, 0.29) is 30.3 Å². The molecule has 1 aromatic carbocycles. The number of nitrogens with zero attached hydrogens (tertiary/aromatic N) is 1. The fourth-order valence-electron chi connectivity index (χ4n) is 2.53. The molecule has 2 rings (SSSR count). The number of anilines is 1. The predicted molar refractivity (Wildman–Crippen MR) is 76.2 cm³/mol. The number of halogens is 1. The van der Waals surface area contributed by atoms with Gasteiger partial charge in [0.1, 0.15) is 5.82 Å². The summed E-state index contributed by atoms with van der Waals surface area (Å²) >= 11 is 0. The molecule has 4 nitrogen and oxygen atoms in total. The zero-order chi connectivity index (χ0) is 14.7. The second kappa shape index (κ2) is 6.33. The van der Waals surface area contributed by atoms with Crippen molar-refractivity contribution in [3.05, 3.63) is 29.6 Å². The molecule has 1 N–H and O–H groups in total. The molecule has 1 aliphatic heterocycles. The number of morpholine rings is 1. The largest absolute Gasteiger partial charge is 0.373 e. The van der Waals surface area contributed by atoms with Crippen molar-refractivity contribution in [3.63, 3.8) is 0 Å². The summed E-state index contributed by atoms with van der Waals surface area (Å²) in [7, 11) is 0. The summed E-state index contributed by atoms with van der Waals surface area (Å²) in [6.07, 6.45) is 0.227. The van der Waals surface area contributed by atoms with Gasteiger partial charge < -0.3 is 10.1 Å².